The molecule has 0 saturated carbocycles. The zero-order chi connectivity index (χ0) is 20.7. The smallest absolute Gasteiger partial charge is 0.338 e. The van der Waals surface area contributed by atoms with Gasteiger partial charge < -0.3 is 14.8 Å². The fourth-order valence-electron chi connectivity index (χ4n) is 2.99. The van der Waals surface area contributed by atoms with Crippen LogP contribution in [0.2, 0.25) is 0 Å². The highest BCUT2D eigenvalue weighted by atomic mass is 16.5. The lowest BCUT2D eigenvalue weighted by molar-refractivity contribution is -0.119. The Kier molecular flexibility index (Phi) is 7.76. The molecule has 0 heterocycles. The first kappa shape index (κ1) is 21.6. The molecule has 0 fully saturated rings. The molecule has 5 heteroatoms. The minimum atomic E-state index is -0.527. The second-order valence-electron chi connectivity index (χ2n) is 7.38. The maximum atomic E-state index is 12.4. The van der Waals surface area contributed by atoms with Crippen LogP contribution >= 0.6 is 0 Å². The van der Waals surface area contributed by atoms with Gasteiger partial charge in [-0.05, 0) is 40.7 Å². The number of amides is 1. The number of para-hydroxylation sites is 1. The number of esters is 1. The molecular formula is C23H29NO4. The SMILES string of the molecule is COCc1ccc(C(=O)OCC(=O)Nc2c(C(C)C)cccc2C(C)C)cc1. The van der Waals surface area contributed by atoms with Crippen molar-refractivity contribution >= 4 is 17.6 Å². The minimum Gasteiger partial charge on any atom is -0.452 e. The molecule has 2 aromatic carbocycles. The summed E-state index contributed by atoms with van der Waals surface area (Å²) in [7, 11) is 1.61. The number of hydrogen-bond donors (Lipinski definition) is 1. The van der Waals surface area contributed by atoms with Crippen molar-refractivity contribution < 1.29 is 19.1 Å². The van der Waals surface area contributed by atoms with Crippen LogP contribution in [0.3, 0.4) is 0 Å². The van der Waals surface area contributed by atoms with Crippen LogP contribution in [0.25, 0.3) is 0 Å². The van der Waals surface area contributed by atoms with E-state index in [0.717, 1.165) is 22.4 Å². The summed E-state index contributed by atoms with van der Waals surface area (Å²) in [6, 6.07) is 13.0. The van der Waals surface area contributed by atoms with Gasteiger partial charge in [0.25, 0.3) is 5.91 Å². The van der Waals surface area contributed by atoms with Crippen LogP contribution in [-0.2, 0) is 20.9 Å². The second-order valence-corrected chi connectivity index (χ2v) is 7.38. The van der Waals surface area contributed by atoms with Crippen LogP contribution in [-0.4, -0.2) is 25.6 Å². The summed E-state index contributed by atoms with van der Waals surface area (Å²) >= 11 is 0. The summed E-state index contributed by atoms with van der Waals surface area (Å²) < 4.78 is 10.2. The monoisotopic (exact) mass is 383 g/mol. The Hall–Kier alpha value is -2.66. The fourth-order valence-corrected chi connectivity index (χ4v) is 2.99. The average molecular weight is 383 g/mol. The maximum Gasteiger partial charge on any atom is 0.338 e. The van der Waals surface area contributed by atoms with Crippen LogP contribution < -0.4 is 5.32 Å². The summed E-state index contributed by atoms with van der Waals surface area (Å²) in [6.45, 7) is 8.49. The quantitative estimate of drug-likeness (QED) is 0.660. The van der Waals surface area contributed by atoms with Gasteiger partial charge in [0.1, 0.15) is 0 Å². The fraction of sp³-hybridized carbons (Fsp3) is 0.391. The molecule has 5 nitrogen and oxygen atoms in total. The summed E-state index contributed by atoms with van der Waals surface area (Å²) in [5.41, 5.74) is 4.32. The van der Waals surface area contributed by atoms with Gasteiger partial charge in [0.15, 0.2) is 6.61 Å². The van der Waals surface area contributed by atoms with Crippen molar-refractivity contribution in [2.45, 2.75) is 46.1 Å². The zero-order valence-electron chi connectivity index (χ0n) is 17.2. The van der Waals surface area contributed by atoms with Crippen LogP contribution in [0.1, 0.15) is 66.6 Å². The van der Waals surface area contributed by atoms with Crippen LogP contribution in [0.5, 0.6) is 0 Å². The molecule has 0 saturated heterocycles. The molecule has 0 aliphatic rings. The van der Waals surface area contributed by atoms with E-state index >= 15 is 0 Å². The van der Waals surface area contributed by atoms with Gasteiger partial charge in [0, 0.05) is 12.8 Å². The third kappa shape index (κ3) is 5.67. The van der Waals surface area contributed by atoms with E-state index in [2.05, 4.69) is 33.0 Å². The highest BCUT2D eigenvalue weighted by Gasteiger charge is 2.17. The maximum absolute atomic E-state index is 12.4. The molecule has 150 valence electrons. The topological polar surface area (TPSA) is 64.6 Å². The van der Waals surface area contributed by atoms with E-state index in [9.17, 15) is 9.59 Å². The molecule has 0 unspecified atom stereocenters. The van der Waals surface area contributed by atoms with E-state index < -0.39 is 5.97 Å². The number of benzene rings is 2. The normalized spacial score (nSPS) is 11.0. The van der Waals surface area contributed by atoms with Crippen molar-refractivity contribution in [1.82, 2.24) is 0 Å². The van der Waals surface area contributed by atoms with Gasteiger partial charge in [-0.2, -0.15) is 0 Å². The molecule has 1 N–H and O–H groups in total. The van der Waals surface area contributed by atoms with Crippen molar-refractivity contribution in [3.05, 3.63) is 64.7 Å². The predicted octanol–water partition coefficient (Wildman–Crippen LogP) is 4.88. The van der Waals surface area contributed by atoms with Gasteiger partial charge in [0.2, 0.25) is 0 Å². The van der Waals surface area contributed by atoms with E-state index in [1.54, 1.807) is 31.4 Å². The summed E-state index contributed by atoms with van der Waals surface area (Å²) in [6.07, 6.45) is 0. The largest absolute Gasteiger partial charge is 0.452 e. The number of methoxy groups -OCH3 is 1. The van der Waals surface area contributed by atoms with E-state index in [1.807, 2.05) is 18.2 Å². The van der Waals surface area contributed by atoms with Crippen LogP contribution in [0.15, 0.2) is 42.5 Å². The molecule has 0 spiro atoms. The molecule has 28 heavy (non-hydrogen) atoms. The second kappa shape index (κ2) is 10.0. The van der Waals surface area contributed by atoms with Gasteiger partial charge in [-0.15, -0.1) is 0 Å². The molecule has 0 bridgehead atoms. The standard InChI is InChI=1S/C23H29NO4/c1-15(2)19-7-6-8-20(16(3)4)22(19)24-21(25)14-28-23(26)18-11-9-17(10-12-18)13-27-5/h6-12,15-16H,13-14H2,1-5H3,(H,24,25). The lowest BCUT2D eigenvalue weighted by atomic mass is 9.92. The first-order valence-electron chi connectivity index (χ1n) is 9.51. The van der Waals surface area contributed by atoms with E-state index in [0.29, 0.717) is 12.2 Å². The Morgan fingerprint density at radius 2 is 1.50 bits per heavy atom. The molecule has 2 aromatic rings. The summed E-state index contributed by atoms with van der Waals surface area (Å²) in [4.78, 5) is 24.6. The van der Waals surface area contributed by atoms with Gasteiger partial charge in [-0.3, -0.25) is 4.79 Å². The molecule has 0 aromatic heterocycles. The summed E-state index contributed by atoms with van der Waals surface area (Å²) in [5.74, 6) is -0.343. The number of rotatable bonds is 8. The Bertz CT molecular complexity index is 784. The van der Waals surface area contributed by atoms with Crippen molar-refractivity contribution in [2.24, 2.45) is 0 Å². The minimum absolute atomic E-state index is 0.266. The zero-order valence-corrected chi connectivity index (χ0v) is 17.2. The average Bonchev–Trinajstić information content (AvgIpc) is 2.66. The van der Waals surface area contributed by atoms with E-state index in [-0.39, 0.29) is 24.3 Å². The third-order valence-corrected chi connectivity index (χ3v) is 4.47. The van der Waals surface area contributed by atoms with Crippen molar-refractivity contribution in [2.75, 3.05) is 19.0 Å². The number of carbonyl (C=O) groups excluding carboxylic acids is 2. The van der Waals surface area contributed by atoms with E-state index in [4.69, 9.17) is 9.47 Å². The molecule has 0 aliphatic heterocycles. The first-order chi connectivity index (χ1) is 13.3. The van der Waals surface area contributed by atoms with E-state index in [1.165, 1.54) is 0 Å². The first-order valence-corrected chi connectivity index (χ1v) is 9.51. The van der Waals surface area contributed by atoms with Gasteiger partial charge in [-0.1, -0.05) is 58.0 Å². The Morgan fingerprint density at radius 3 is 2.00 bits per heavy atom. The van der Waals surface area contributed by atoms with Gasteiger partial charge in [-0.25, -0.2) is 4.79 Å². The molecule has 2 rings (SSSR count). The van der Waals surface area contributed by atoms with Crippen molar-refractivity contribution in [1.29, 1.82) is 0 Å². The number of nitrogens with one attached hydrogen (secondary N) is 1. The highest BCUT2D eigenvalue weighted by molar-refractivity contribution is 5.96. The molecule has 0 radical (unpaired) electrons. The lowest BCUT2D eigenvalue weighted by Gasteiger charge is -2.20. The third-order valence-electron chi connectivity index (χ3n) is 4.47. The highest BCUT2D eigenvalue weighted by Crippen LogP contribution is 2.32. The number of anilines is 1. The number of hydrogen-bond acceptors (Lipinski definition) is 4. The van der Waals surface area contributed by atoms with Gasteiger partial charge in [0.05, 0.1) is 12.2 Å². The molecule has 0 atom stereocenters. The Morgan fingerprint density at radius 1 is 0.929 bits per heavy atom. The Balaban J connectivity index is 2.03. The molecule has 0 aliphatic carbocycles. The Labute approximate surface area is 167 Å². The molecule has 1 amide bonds. The van der Waals surface area contributed by atoms with Crippen molar-refractivity contribution in [3.63, 3.8) is 0 Å². The van der Waals surface area contributed by atoms with Crippen LogP contribution in [0, 0.1) is 0 Å². The number of ether oxygens (including phenoxy) is 2. The van der Waals surface area contributed by atoms with Crippen molar-refractivity contribution in [3.8, 4) is 0 Å². The lowest BCUT2D eigenvalue weighted by Crippen LogP contribution is -2.22. The van der Waals surface area contributed by atoms with Gasteiger partial charge >= 0.3 is 5.97 Å². The predicted molar refractivity (Wildman–Crippen MR) is 111 cm³/mol. The summed E-state index contributed by atoms with van der Waals surface area (Å²) in [5, 5.41) is 2.94. The number of carbonyl (C=O) groups is 2. The molecular weight excluding hydrogens is 354 g/mol. The van der Waals surface area contributed by atoms with Crippen LogP contribution in [0.4, 0.5) is 5.69 Å².